The number of hydrogen-bond acceptors (Lipinski definition) is 6. The number of anilines is 2. The van der Waals surface area contributed by atoms with Crippen molar-refractivity contribution in [3.63, 3.8) is 0 Å². The molecule has 3 rings (SSSR count). The van der Waals surface area contributed by atoms with Crippen molar-refractivity contribution in [2.24, 2.45) is 0 Å². The van der Waals surface area contributed by atoms with Gasteiger partial charge in [0.2, 0.25) is 5.95 Å². The molecule has 2 heterocycles. The van der Waals surface area contributed by atoms with Crippen LogP contribution in [-0.4, -0.2) is 44.8 Å². The summed E-state index contributed by atoms with van der Waals surface area (Å²) < 4.78 is 0.404. The third kappa shape index (κ3) is 1.98. The molecular formula is C11H16N6S. The molecule has 1 aliphatic rings. The second-order valence-electron chi connectivity index (χ2n) is 4.52. The molecule has 1 saturated carbocycles. The molecule has 0 amide bonds. The van der Waals surface area contributed by atoms with Crippen LogP contribution in [0.25, 0.3) is 11.0 Å². The van der Waals surface area contributed by atoms with Crippen molar-refractivity contribution < 1.29 is 0 Å². The molecule has 0 atom stereocenters. The molecule has 0 aromatic carbocycles. The molecule has 6 nitrogen and oxygen atoms in total. The number of aromatic nitrogens is 4. The summed E-state index contributed by atoms with van der Waals surface area (Å²) in [5.74, 6) is 1.45. The molecule has 0 aliphatic heterocycles. The van der Waals surface area contributed by atoms with Crippen LogP contribution in [0.4, 0.5) is 11.8 Å². The van der Waals surface area contributed by atoms with Crippen molar-refractivity contribution in [1.82, 2.24) is 20.2 Å². The van der Waals surface area contributed by atoms with E-state index in [9.17, 15) is 0 Å². The highest BCUT2D eigenvalue weighted by molar-refractivity contribution is 8.00. The molecule has 1 fully saturated rings. The number of aromatic amines is 1. The summed E-state index contributed by atoms with van der Waals surface area (Å²) in [6.45, 7) is 0.939. The Kier molecular flexibility index (Phi) is 2.77. The number of H-pyrrole nitrogens is 1. The second kappa shape index (κ2) is 4.31. The van der Waals surface area contributed by atoms with E-state index in [4.69, 9.17) is 0 Å². The lowest BCUT2D eigenvalue weighted by atomic mass is 10.3. The summed E-state index contributed by atoms with van der Waals surface area (Å²) in [6.07, 6.45) is 6.48. The van der Waals surface area contributed by atoms with Crippen LogP contribution in [0.3, 0.4) is 0 Å². The number of fused-ring (bicyclic) bond motifs is 1. The van der Waals surface area contributed by atoms with Crippen LogP contribution < -0.4 is 10.6 Å². The maximum Gasteiger partial charge on any atom is 0.226 e. The van der Waals surface area contributed by atoms with Gasteiger partial charge < -0.3 is 10.6 Å². The van der Waals surface area contributed by atoms with Crippen LogP contribution in [0.2, 0.25) is 0 Å². The highest BCUT2D eigenvalue weighted by atomic mass is 32.2. The van der Waals surface area contributed by atoms with Gasteiger partial charge in [0.1, 0.15) is 5.82 Å². The summed E-state index contributed by atoms with van der Waals surface area (Å²) in [6, 6.07) is 0. The lowest BCUT2D eigenvalue weighted by Crippen LogP contribution is -2.18. The van der Waals surface area contributed by atoms with Crippen LogP contribution in [-0.2, 0) is 0 Å². The van der Waals surface area contributed by atoms with E-state index < -0.39 is 0 Å². The topological polar surface area (TPSA) is 78.5 Å². The smallest absolute Gasteiger partial charge is 0.226 e. The fraction of sp³-hybridized carbons (Fsp3) is 0.545. The highest BCUT2D eigenvalue weighted by Crippen LogP contribution is 2.47. The number of thioether (sulfide) groups is 1. The van der Waals surface area contributed by atoms with Gasteiger partial charge in [-0.15, -0.1) is 0 Å². The molecule has 18 heavy (non-hydrogen) atoms. The molecule has 0 unspecified atom stereocenters. The van der Waals surface area contributed by atoms with Gasteiger partial charge in [0.25, 0.3) is 0 Å². The Hall–Kier alpha value is -1.50. The van der Waals surface area contributed by atoms with Crippen molar-refractivity contribution in [3.8, 4) is 0 Å². The van der Waals surface area contributed by atoms with Gasteiger partial charge in [0.05, 0.1) is 11.6 Å². The lowest BCUT2D eigenvalue weighted by Gasteiger charge is -2.14. The van der Waals surface area contributed by atoms with Crippen LogP contribution in [0, 0.1) is 0 Å². The Morgan fingerprint density at radius 2 is 2.28 bits per heavy atom. The Bertz CT molecular complexity index is 562. The van der Waals surface area contributed by atoms with Crippen molar-refractivity contribution in [2.75, 3.05) is 30.5 Å². The molecule has 0 saturated heterocycles. The van der Waals surface area contributed by atoms with Gasteiger partial charge >= 0.3 is 0 Å². The summed E-state index contributed by atoms with van der Waals surface area (Å²) >= 11 is 1.93. The Labute approximate surface area is 109 Å². The van der Waals surface area contributed by atoms with Crippen molar-refractivity contribution in [2.45, 2.75) is 17.6 Å². The Balaban J connectivity index is 1.87. The number of rotatable bonds is 5. The maximum absolute atomic E-state index is 4.45. The van der Waals surface area contributed by atoms with Crippen molar-refractivity contribution >= 4 is 34.6 Å². The molecule has 1 aliphatic carbocycles. The SMILES string of the molecule is CNc1nc(NCC2(SC)CC2)c2cn[nH]c2n1. The van der Waals surface area contributed by atoms with Crippen LogP contribution in [0.5, 0.6) is 0 Å². The lowest BCUT2D eigenvalue weighted by molar-refractivity contribution is 0.941. The monoisotopic (exact) mass is 264 g/mol. The van der Waals surface area contributed by atoms with E-state index in [0.717, 1.165) is 23.4 Å². The summed E-state index contributed by atoms with van der Waals surface area (Å²) in [7, 11) is 1.81. The summed E-state index contributed by atoms with van der Waals surface area (Å²) in [4.78, 5) is 8.76. The minimum Gasteiger partial charge on any atom is -0.368 e. The van der Waals surface area contributed by atoms with E-state index in [-0.39, 0.29) is 0 Å². The fourth-order valence-electron chi connectivity index (χ4n) is 1.92. The zero-order valence-electron chi connectivity index (χ0n) is 10.4. The number of hydrogen-bond donors (Lipinski definition) is 3. The highest BCUT2D eigenvalue weighted by Gasteiger charge is 2.41. The average Bonchev–Trinajstić information content (AvgIpc) is 3.04. The van der Waals surface area contributed by atoms with Gasteiger partial charge in [-0.3, -0.25) is 5.10 Å². The number of nitrogens with one attached hydrogen (secondary N) is 3. The minimum absolute atomic E-state index is 0.404. The molecule has 0 spiro atoms. The predicted octanol–water partition coefficient (Wildman–Crippen LogP) is 1.70. The molecule has 7 heteroatoms. The normalized spacial score (nSPS) is 16.8. The Morgan fingerprint density at radius 3 is 2.94 bits per heavy atom. The van der Waals surface area contributed by atoms with Crippen LogP contribution in [0.1, 0.15) is 12.8 Å². The van der Waals surface area contributed by atoms with Crippen LogP contribution >= 0.6 is 11.8 Å². The average molecular weight is 264 g/mol. The first-order valence-corrected chi connectivity index (χ1v) is 7.17. The van der Waals surface area contributed by atoms with Crippen molar-refractivity contribution in [3.05, 3.63) is 6.20 Å². The molecule has 2 aromatic rings. The number of nitrogens with zero attached hydrogens (tertiary/aromatic N) is 3. The zero-order chi connectivity index (χ0) is 12.6. The van der Waals surface area contributed by atoms with Crippen molar-refractivity contribution in [1.29, 1.82) is 0 Å². The van der Waals surface area contributed by atoms with Gasteiger partial charge in [0, 0.05) is 18.3 Å². The minimum atomic E-state index is 0.404. The molecule has 96 valence electrons. The molecule has 0 bridgehead atoms. The van der Waals surface area contributed by atoms with E-state index >= 15 is 0 Å². The first-order valence-electron chi connectivity index (χ1n) is 5.94. The van der Waals surface area contributed by atoms with E-state index in [0.29, 0.717) is 10.7 Å². The summed E-state index contributed by atoms with van der Waals surface area (Å²) in [5, 5.41) is 14.2. The van der Waals surface area contributed by atoms with E-state index in [1.807, 2.05) is 18.8 Å². The van der Waals surface area contributed by atoms with Crippen LogP contribution in [0.15, 0.2) is 6.20 Å². The first kappa shape index (κ1) is 11.6. The van der Waals surface area contributed by atoms with Gasteiger partial charge in [-0.2, -0.15) is 26.8 Å². The van der Waals surface area contributed by atoms with Gasteiger partial charge in [-0.25, -0.2) is 0 Å². The van der Waals surface area contributed by atoms with Gasteiger partial charge in [-0.05, 0) is 19.1 Å². The third-order valence-corrected chi connectivity index (χ3v) is 4.77. The predicted molar refractivity (Wildman–Crippen MR) is 75.2 cm³/mol. The maximum atomic E-state index is 4.45. The molecule has 3 N–H and O–H groups in total. The Morgan fingerprint density at radius 1 is 1.44 bits per heavy atom. The zero-order valence-corrected chi connectivity index (χ0v) is 11.3. The largest absolute Gasteiger partial charge is 0.368 e. The van der Waals surface area contributed by atoms with E-state index in [1.54, 1.807) is 6.20 Å². The second-order valence-corrected chi connectivity index (χ2v) is 5.79. The third-order valence-electron chi connectivity index (χ3n) is 3.35. The fourth-order valence-corrected chi connectivity index (χ4v) is 2.65. The molecular weight excluding hydrogens is 248 g/mol. The standard InChI is InChI=1S/C11H16N6S/c1-12-10-15-8(7-5-14-17-9(7)16-10)13-6-11(18-2)3-4-11/h5H,3-4,6H2,1-2H3,(H3,12,13,14,15,16,17). The molecule has 2 aromatic heterocycles. The van der Waals surface area contributed by atoms with E-state index in [2.05, 4.69) is 37.1 Å². The van der Waals surface area contributed by atoms with Gasteiger partial charge in [-0.1, -0.05) is 0 Å². The van der Waals surface area contributed by atoms with E-state index in [1.165, 1.54) is 12.8 Å². The molecule has 0 radical (unpaired) electrons. The summed E-state index contributed by atoms with van der Waals surface area (Å²) in [5.41, 5.74) is 0.755. The quantitative estimate of drug-likeness (QED) is 0.763. The first-order chi connectivity index (χ1) is 8.76. The van der Waals surface area contributed by atoms with Gasteiger partial charge in [0.15, 0.2) is 5.65 Å².